The van der Waals surface area contributed by atoms with Crippen LogP contribution in [0.4, 0.5) is 5.13 Å². The van der Waals surface area contributed by atoms with Gasteiger partial charge >= 0.3 is 0 Å². The van der Waals surface area contributed by atoms with Crippen LogP contribution >= 0.6 is 11.3 Å². The number of ketones is 1. The van der Waals surface area contributed by atoms with Gasteiger partial charge in [-0.3, -0.25) is 4.79 Å². The summed E-state index contributed by atoms with van der Waals surface area (Å²) in [6.45, 7) is 6.46. The Morgan fingerprint density at radius 2 is 2.22 bits per heavy atom. The van der Waals surface area contributed by atoms with Gasteiger partial charge in [-0.2, -0.15) is 0 Å². The Hall–Kier alpha value is -1.68. The molecule has 0 aliphatic heterocycles. The summed E-state index contributed by atoms with van der Waals surface area (Å²) in [6, 6.07) is 7.60. The zero-order valence-corrected chi connectivity index (χ0v) is 11.1. The van der Waals surface area contributed by atoms with Gasteiger partial charge in [-0.05, 0) is 18.9 Å². The molecule has 0 bridgehead atoms. The molecule has 3 nitrogen and oxygen atoms in total. The lowest BCUT2D eigenvalue weighted by molar-refractivity contribution is 0.104. The predicted octanol–water partition coefficient (Wildman–Crippen LogP) is 3.32. The summed E-state index contributed by atoms with van der Waals surface area (Å²) in [5.74, 6) is 0.0354. The van der Waals surface area contributed by atoms with E-state index in [1.807, 2.05) is 31.2 Å². The van der Waals surface area contributed by atoms with Gasteiger partial charge < -0.3 is 5.32 Å². The van der Waals surface area contributed by atoms with Crippen LogP contribution in [0.2, 0.25) is 0 Å². The molecule has 93 valence electrons. The standard InChI is InChI=1S/C14H15N2OS/c1-3-8-15-14-16-9-12(18-14)13(17)11-7-5-4-6-10(11)2/h4-7,9H,1,3,8H2,2H3,(H,15,16). The number of benzene rings is 1. The van der Waals surface area contributed by atoms with Crippen LogP contribution in [-0.2, 0) is 0 Å². The number of nitrogens with zero attached hydrogens (tertiary/aromatic N) is 1. The lowest BCUT2D eigenvalue weighted by Crippen LogP contribution is -2.01. The van der Waals surface area contributed by atoms with Crippen molar-refractivity contribution in [3.8, 4) is 0 Å². The molecule has 1 N–H and O–H groups in total. The predicted molar refractivity (Wildman–Crippen MR) is 75.2 cm³/mol. The largest absolute Gasteiger partial charge is 0.362 e. The Balaban J connectivity index is 2.19. The zero-order chi connectivity index (χ0) is 13.0. The summed E-state index contributed by atoms with van der Waals surface area (Å²) in [5, 5.41) is 3.90. The van der Waals surface area contributed by atoms with Crippen molar-refractivity contribution in [2.24, 2.45) is 0 Å². The van der Waals surface area contributed by atoms with Crippen LogP contribution in [0.1, 0.15) is 27.2 Å². The molecule has 0 amide bonds. The van der Waals surface area contributed by atoms with Crippen molar-refractivity contribution < 1.29 is 4.79 Å². The van der Waals surface area contributed by atoms with Crippen LogP contribution < -0.4 is 5.32 Å². The van der Waals surface area contributed by atoms with Crippen LogP contribution in [0.15, 0.2) is 30.5 Å². The van der Waals surface area contributed by atoms with E-state index in [0.717, 1.165) is 29.2 Å². The van der Waals surface area contributed by atoms with Crippen LogP contribution in [0.3, 0.4) is 0 Å². The Morgan fingerprint density at radius 3 is 2.94 bits per heavy atom. The molecule has 4 heteroatoms. The van der Waals surface area contributed by atoms with Gasteiger partial charge in [0.25, 0.3) is 0 Å². The molecular weight excluding hydrogens is 244 g/mol. The highest BCUT2D eigenvalue weighted by Gasteiger charge is 2.14. The van der Waals surface area contributed by atoms with Crippen molar-refractivity contribution in [2.45, 2.75) is 13.3 Å². The average Bonchev–Trinajstić information content (AvgIpc) is 2.85. The molecule has 2 rings (SSSR count). The first-order valence-corrected chi connectivity index (χ1v) is 6.63. The van der Waals surface area contributed by atoms with Gasteiger partial charge in [0.05, 0.1) is 11.1 Å². The smallest absolute Gasteiger partial charge is 0.204 e. The van der Waals surface area contributed by atoms with Crippen molar-refractivity contribution in [2.75, 3.05) is 11.9 Å². The van der Waals surface area contributed by atoms with E-state index >= 15 is 0 Å². The van der Waals surface area contributed by atoms with Crippen molar-refractivity contribution in [1.82, 2.24) is 4.98 Å². The number of carbonyl (C=O) groups is 1. The Labute approximate surface area is 111 Å². The summed E-state index contributed by atoms with van der Waals surface area (Å²) < 4.78 is 0. The number of hydrogen-bond acceptors (Lipinski definition) is 4. The summed E-state index contributed by atoms with van der Waals surface area (Å²) >= 11 is 1.38. The van der Waals surface area contributed by atoms with E-state index in [2.05, 4.69) is 17.2 Å². The number of aryl methyl sites for hydroxylation is 1. The van der Waals surface area contributed by atoms with Gasteiger partial charge in [0.1, 0.15) is 0 Å². The first-order valence-electron chi connectivity index (χ1n) is 5.81. The highest BCUT2D eigenvalue weighted by molar-refractivity contribution is 7.17. The lowest BCUT2D eigenvalue weighted by Gasteiger charge is -2.01. The van der Waals surface area contributed by atoms with Crippen LogP contribution in [0, 0.1) is 13.8 Å². The molecule has 0 saturated heterocycles. The van der Waals surface area contributed by atoms with Crippen molar-refractivity contribution in [1.29, 1.82) is 0 Å². The minimum absolute atomic E-state index is 0.0354. The van der Waals surface area contributed by atoms with Crippen LogP contribution in [0.5, 0.6) is 0 Å². The Morgan fingerprint density at radius 1 is 1.44 bits per heavy atom. The third kappa shape index (κ3) is 2.76. The maximum absolute atomic E-state index is 12.3. The van der Waals surface area contributed by atoms with E-state index in [4.69, 9.17) is 0 Å². The summed E-state index contributed by atoms with van der Waals surface area (Å²) in [5.41, 5.74) is 1.73. The average molecular weight is 259 g/mol. The molecule has 0 aliphatic carbocycles. The highest BCUT2D eigenvalue weighted by Crippen LogP contribution is 2.22. The molecule has 1 aromatic carbocycles. The maximum atomic E-state index is 12.3. The van der Waals surface area contributed by atoms with Gasteiger partial charge in [-0.1, -0.05) is 42.5 Å². The van der Waals surface area contributed by atoms with Crippen molar-refractivity contribution in [3.05, 3.63) is 53.4 Å². The fraction of sp³-hybridized carbons (Fsp3) is 0.214. The molecule has 0 unspecified atom stereocenters. The van der Waals surface area contributed by atoms with E-state index in [1.54, 1.807) is 6.20 Å². The first-order chi connectivity index (χ1) is 8.72. The third-order valence-corrected chi connectivity index (χ3v) is 3.53. The Bertz CT molecular complexity index is 548. The minimum Gasteiger partial charge on any atom is -0.362 e. The Kier molecular flexibility index (Phi) is 4.10. The molecule has 1 radical (unpaired) electrons. The number of carbonyl (C=O) groups excluding carboxylic acids is 1. The molecule has 0 spiro atoms. The van der Waals surface area contributed by atoms with Crippen molar-refractivity contribution in [3.63, 3.8) is 0 Å². The van der Waals surface area contributed by atoms with Crippen LogP contribution in [-0.4, -0.2) is 17.3 Å². The molecular formula is C14H15N2OS. The van der Waals surface area contributed by atoms with E-state index in [-0.39, 0.29) is 5.78 Å². The normalized spacial score (nSPS) is 10.3. The number of aromatic nitrogens is 1. The molecule has 0 saturated carbocycles. The van der Waals surface area contributed by atoms with Gasteiger partial charge in [0.15, 0.2) is 5.13 Å². The van der Waals surface area contributed by atoms with E-state index in [1.165, 1.54) is 11.3 Å². The fourth-order valence-electron chi connectivity index (χ4n) is 1.62. The van der Waals surface area contributed by atoms with E-state index in [0.29, 0.717) is 4.88 Å². The number of anilines is 1. The molecule has 2 aromatic rings. The maximum Gasteiger partial charge on any atom is 0.204 e. The molecule has 1 aromatic heterocycles. The monoisotopic (exact) mass is 259 g/mol. The van der Waals surface area contributed by atoms with Gasteiger partial charge in [0.2, 0.25) is 5.78 Å². The van der Waals surface area contributed by atoms with E-state index < -0.39 is 0 Å². The number of rotatable bonds is 5. The lowest BCUT2D eigenvalue weighted by atomic mass is 10.0. The van der Waals surface area contributed by atoms with E-state index in [9.17, 15) is 4.79 Å². The van der Waals surface area contributed by atoms with Gasteiger partial charge in [0, 0.05) is 12.1 Å². The topological polar surface area (TPSA) is 42.0 Å². The minimum atomic E-state index is 0.0354. The molecule has 0 atom stereocenters. The first kappa shape index (κ1) is 12.8. The summed E-state index contributed by atoms with van der Waals surface area (Å²) in [6.07, 6.45) is 2.42. The molecule has 1 heterocycles. The number of nitrogens with one attached hydrogen (secondary N) is 1. The summed E-state index contributed by atoms with van der Waals surface area (Å²) in [4.78, 5) is 17.1. The number of hydrogen-bond donors (Lipinski definition) is 1. The van der Waals surface area contributed by atoms with Gasteiger partial charge in [-0.25, -0.2) is 4.98 Å². The third-order valence-electron chi connectivity index (χ3n) is 2.57. The number of thiazole rings is 1. The highest BCUT2D eigenvalue weighted by atomic mass is 32.1. The molecule has 18 heavy (non-hydrogen) atoms. The zero-order valence-electron chi connectivity index (χ0n) is 10.3. The second kappa shape index (κ2) is 5.78. The quantitative estimate of drug-likeness (QED) is 0.838. The summed E-state index contributed by atoms with van der Waals surface area (Å²) in [7, 11) is 0. The molecule has 0 fully saturated rings. The SMILES string of the molecule is [CH2]CCNc1ncc(C(=O)c2ccccc2C)s1. The second-order valence-corrected chi connectivity index (χ2v) is 4.98. The fourth-order valence-corrected chi connectivity index (χ4v) is 2.41. The van der Waals surface area contributed by atoms with Crippen molar-refractivity contribution >= 4 is 22.3 Å². The van der Waals surface area contributed by atoms with Crippen LogP contribution in [0.25, 0.3) is 0 Å². The molecule has 0 aliphatic rings. The van der Waals surface area contributed by atoms with Gasteiger partial charge in [-0.15, -0.1) is 0 Å². The second-order valence-electron chi connectivity index (χ2n) is 3.95.